The molecule has 1 unspecified atom stereocenters. The Labute approximate surface area is 88.1 Å². The topological polar surface area (TPSA) is 70.6 Å². The van der Waals surface area contributed by atoms with Crippen molar-refractivity contribution >= 4 is 29.9 Å². The second-order valence-electron chi connectivity index (χ2n) is 2.77. The second-order valence-corrected chi connectivity index (χ2v) is 5.76. The molecule has 0 amide bonds. The van der Waals surface area contributed by atoms with E-state index in [1.807, 2.05) is 30.3 Å². The van der Waals surface area contributed by atoms with Crippen molar-refractivity contribution in [2.24, 2.45) is 10.3 Å². The number of hydrogen-bond acceptors (Lipinski definition) is 1. The predicted octanol–water partition coefficient (Wildman–Crippen LogP) is 1.69. The van der Waals surface area contributed by atoms with Crippen molar-refractivity contribution in [3.05, 3.63) is 30.3 Å². The maximum atomic E-state index is 9.14. The fourth-order valence-electron chi connectivity index (χ4n) is 0.970. The van der Waals surface area contributed by atoms with Gasteiger partial charge in [-0.05, 0) is 30.9 Å². The summed E-state index contributed by atoms with van der Waals surface area (Å²) >= 11 is 4.59. The monoisotopic (exact) mass is 229 g/mol. The highest BCUT2D eigenvalue weighted by atomic mass is 32.4. The van der Waals surface area contributed by atoms with Gasteiger partial charge < -0.3 is 10.2 Å². The van der Waals surface area contributed by atoms with Gasteiger partial charge in [-0.2, -0.15) is 0 Å². The van der Waals surface area contributed by atoms with Gasteiger partial charge in [0.05, 0.1) is 0 Å². The molecule has 0 aliphatic carbocycles. The molecule has 0 heterocycles. The summed E-state index contributed by atoms with van der Waals surface area (Å²) in [6, 6.07) is 9.48. The lowest BCUT2D eigenvalue weighted by Gasteiger charge is -2.07. The Bertz CT molecular complexity index is 373. The molecule has 4 N–H and O–H groups in total. The van der Waals surface area contributed by atoms with E-state index in [4.69, 9.17) is 10.4 Å². The third-order valence-electron chi connectivity index (χ3n) is 1.39. The zero-order valence-corrected chi connectivity index (χ0v) is 9.42. The highest BCUT2D eigenvalue weighted by Gasteiger charge is 2.02. The lowest BCUT2D eigenvalue weighted by Crippen LogP contribution is -2.07. The van der Waals surface area contributed by atoms with Crippen molar-refractivity contribution in [3.63, 3.8) is 0 Å². The number of rotatable bonds is 2. The molecule has 0 radical (unpaired) electrons. The van der Waals surface area contributed by atoms with Crippen molar-refractivity contribution in [1.29, 1.82) is 0 Å². The first-order chi connectivity index (χ1) is 6.47. The molecule has 1 atom stereocenters. The number of hydrogen-bond donors (Lipinski definition) is 3. The quantitative estimate of drug-likeness (QED) is 0.410. The third kappa shape index (κ3) is 4.48. The van der Waals surface area contributed by atoms with Gasteiger partial charge in [-0.3, -0.25) is 5.50 Å². The van der Waals surface area contributed by atoms with Crippen LogP contribution in [0.4, 0.5) is 5.69 Å². The van der Waals surface area contributed by atoms with Crippen LogP contribution in [-0.4, -0.2) is 10.7 Å². The van der Waals surface area contributed by atoms with E-state index in [1.54, 1.807) is 6.92 Å². The summed E-state index contributed by atoms with van der Waals surface area (Å²) in [5.41, 5.74) is 6.13. The zero-order chi connectivity index (χ0) is 10.6. The molecule has 0 aliphatic heterocycles. The van der Waals surface area contributed by atoms with Gasteiger partial charge in [-0.1, -0.05) is 18.2 Å². The maximum Gasteiger partial charge on any atom is 0.240 e. The van der Waals surface area contributed by atoms with E-state index in [2.05, 4.69) is 21.9 Å². The van der Waals surface area contributed by atoms with E-state index in [-0.39, 0.29) is 0 Å². The van der Waals surface area contributed by atoms with E-state index in [1.165, 1.54) is 0 Å². The normalized spacial score (nSPS) is 16.1. The van der Waals surface area contributed by atoms with E-state index < -0.39 is 6.57 Å². The summed E-state index contributed by atoms with van der Waals surface area (Å²) in [5, 5.41) is 2.97. The van der Waals surface area contributed by atoms with Gasteiger partial charge in [0.2, 0.25) is 6.57 Å². The zero-order valence-electron chi connectivity index (χ0n) is 7.71. The number of para-hydroxylation sites is 1. The first kappa shape index (κ1) is 11.3. The summed E-state index contributed by atoms with van der Waals surface area (Å²) in [4.78, 5) is 9.14. The molecule has 0 aliphatic rings. The molecule has 0 bridgehead atoms. The molecule has 1 rings (SSSR count). The summed E-state index contributed by atoms with van der Waals surface area (Å²) < 4.78 is 3.77. The standard InChI is InChI=1S/C8H12N3OPS/c1-7(11-13(9,12)14)10-8-5-3-2-4-6-8/h2-6H,1H3,(H4,9,10,11,12,14). The molecule has 1 aromatic carbocycles. The first-order valence-electron chi connectivity index (χ1n) is 3.98. The molecule has 6 heteroatoms. The summed E-state index contributed by atoms with van der Waals surface area (Å²) in [7, 11) is 0. The van der Waals surface area contributed by atoms with Crippen LogP contribution in [0.3, 0.4) is 0 Å². The second kappa shape index (κ2) is 4.66. The molecule has 0 aromatic heterocycles. The Hall–Kier alpha value is -0.740. The first-order valence-corrected chi connectivity index (χ1v) is 6.75. The van der Waals surface area contributed by atoms with Crippen LogP contribution in [0.5, 0.6) is 0 Å². The van der Waals surface area contributed by atoms with Gasteiger partial charge in [0.15, 0.2) is 0 Å². The van der Waals surface area contributed by atoms with E-state index >= 15 is 0 Å². The van der Waals surface area contributed by atoms with Crippen LogP contribution in [0.15, 0.2) is 35.1 Å². The minimum atomic E-state index is -3.00. The summed E-state index contributed by atoms with van der Waals surface area (Å²) in [6.45, 7) is -1.29. The fourth-order valence-corrected chi connectivity index (χ4v) is 1.82. The molecule has 1 aromatic rings. The lowest BCUT2D eigenvalue weighted by molar-refractivity contribution is 0.625. The molecule has 0 spiro atoms. The Balaban J connectivity index is 2.72. The lowest BCUT2D eigenvalue weighted by atomic mass is 10.3. The Morgan fingerprint density at radius 3 is 2.57 bits per heavy atom. The SMILES string of the molecule is C/C(=N\P(N)(O)=S)Nc1ccccc1. The molecular weight excluding hydrogens is 217 g/mol. The Morgan fingerprint density at radius 1 is 1.50 bits per heavy atom. The van der Waals surface area contributed by atoms with Gasteiger partial charge >= 0.3 is 0 Å². The molecule has 14 heavy (non-hydrogen) atoms. The van der Waals surface area contributed by atoms with Gasteiger partial charge in [-0.15, -0.1) is 0 Å². The van der Waals surface area contributed by atoms with Crippen molar-refractivity contribution in [3.8, 4) is 0 Å². The van der Waals surface area contributed by atoms with E-state index in [0.29, 0.717) is 5.84 Å². The number of benzene rings is 1. The summed E-state index contributed by atoms with van der Waals surface area (Å²) in [6.07, 6.45) is 0. The maximum absolute atomic E-state index is 9.14. The minimum absolute atomic E-state index is 0.518. The number of nitrogens with two attached hydrogens (primary N) is 1. The summed E-state index contributed by atoms with van der Waals surface area (Å²) in [5.74, 6) is 0.518. The Morgan fingerprint density at radius 2 is 2.07 bits per heavy atom. The molecule has 0 fully saturated rings. The van der Waals surface area contributed by atoms with Crippen molar-refractivity contribution in [2.75, 3.05) is 5.32 Å². The number of anilines is 1. The smallest absolute Gasteiger partial charge is 0.240 e. The molecular formula is C8H12N3OPS. The van der Waals surface area contributed by atoms with Crippen molar-refractivity contribution < 1.29 is 4.89 Å². The van der Waals surface area contributed by atoms with Gasteiger partial charge in [0.1, 0.15) is 5.84 Å². The highest BCUT2D eigenvalue weighted by molar-refractivity contribution is 8.10. The molecule has 0 saturated carbocycles. The van der Waals surface area contributed by atoms with E-state index in [0.717, 1.165) is 5.69 Å². The molecule has 76 valence electrons. The number of nitrogens with zero attached hydrogens (tertiary/aromatic N) is 1. The largest absolute Gasteiger partial charge is 0.344 e. The van der Waals surface area contributed by atoms with Crippen molar-refractivity contribution in [2.45, 2.75) is 6.92 Å². The van der Waals surface area contributed by atoms with Crippen LogP contribution in [0, 0.1) is 0 Å². The van der Waals surface area contributed by atoms with E-state index in [9.17, 15) is 0 Å². The van der Waals surface area contributed by atoms with Gasteiger partial charge in [0.25, 0.3) is 0 Å². The third-order valence-corrected chi connectivity index (χ3v) is 2.22. The van der Waals surface area contributed by atoms with Gasteiger partial charge in [0, 0.05) is 5.69 Å². The molecule has 4 nitrogen and oxygen atoms in total. The minimum Gasteiger partial charge on any atom is -0.344 e. The molecule has 0 saturated heterocycles. The van der Waals surface area contributed by atoms with Crippen LogP contribution in [0.25, 0.3) is 0 Å². The number of amidine groups is 1. The van der Waals surface area contributed by atoms with Gasteiger partial charge in [-0.25, -0.2) is 4.76 Å². The highest BCUT2D eigenvalue weighted by Crippen LogP contribution is 2.32. The van der Waals surface area contributed by atoms with Crippen molar-refractivity contribution in [1.82, 2.24) is 0 Å². The number of nitrogens with one attached hydrogen (secondary N) is 1. The van der Waals surface area contributed by atoms with Crippen LogP contribution in [0.1, 0.15) is 6.92 Å². The predicted molar refractivity (Wildman–Crippen MR) is 63.9 cm³/mol. The average Bonchev–Trinajstić information content (AvgIpc) is 2.02. The van der Waals surface area contributed by atoms with Crippen LogP contribution < -0.4 is 10.8 Å². The fraction of sp³-hybridized carbons (Fsp3) is 0.125. The van der Waals surface area contributed by atoms with Crippen LogP contribution in [0.2, 0.25) is 0 Å². The Kier molecular flexibility index (Phi) is 3.77. The average molecular weight is 229 g/mol. The van der Waals surface area contributed by atoms with Crippen LogP contribution >= 0.6 is 6.57 Å². The van der Waals surface area contributed by atoms with Crippen LogP contribution in [-0.2, 0) is 11.8 Å².